The van der Waals surface area contributed by atoms with E-state index in [1.54, 1.807) is 13.0 Å². The maximum absolute atomic E-state index is 7.56. The third-order valence-electron chi connectivity index (χ3n) is 0.218. The third-order valence-corrected chi connectivity index (χ3v) is 0.655. The van der Waals surface area contributed by atoms with Gasteiger partial charge >= 0.3 is 13.4 Å². The van der Waals surface area contributed by atoms with Gasteiger partial charge in [-0.1, -0.05) is 63.4 Å². The zero-order valence-electron chi connectivity index (χ0n) is 11.9. The summed E-state index contributed by atoms with van der Waals surface area (Å²) in [6.45, 7) is 2.41. The van der Waals surface area contributed by atoms with Crippen molar-refractivity contribution in [3.63, 3.8) is 0 Å². The van der Waals surface area contributed by atoms with E-state index in [0.29, 0.717) is 4.49 Å². The van der Waals surface area contributed by atoms with Gasteiger partial charge in [-0.3, -0.25) is 0 Å². The van der Waals surface area contributed by atoms with Crippen molar-refractivity contribution in [2.24, 2.45) is 0 Å². The molecule has 0 fully saturated rings. The van der Waals surface area contributed by atoms with Gasteiger partial charge in [0.2, 0.25) is 0 Å². The van der Waals surface area contributed by atoms with E-state index >= 15 is 0 Å². The van der Waals surface area contributed by atoms with E-state index in [-0.39, 0.29) is 0 Å². The van der Waals surface area contributed by atoms with Crippen LogP contribution in [0, 0.1) is 0 Å². The molecule has 0 amide bonds. The summed E-state index contributed by atoms with van der Waals surface area (Å²) < 4.78 is 0.324. The minimum absolute atomic E-state index is 0.324. The van der Waals surface area contributed by atoms with E-state index < -0.39 is 13.4 Å². The van der Waals surface area contributed by atoms with Crippen LogP contribution >= 0.6 is 36.6 Å². The topological polar surface area (TPSA) is 121 Å². The van der Waals surface area contributed by atoms with Crippen LogP contribution in [-0.4, -0.2) is 29.4 Å². The Kier molecular flexibility index (Phi) is 37.5. The zero-order chi connectivity index (χ0) is 18.0. The van der Waals surface area contributed by atoms with Crippen LogP contribution in [0.1, 0.15) is 41.0 Å². The molecule has 128 valence electrons. The molecule has 0 aliphatic carbocycles. The molecule has 0 aromatic carbocycles. The SMILES string of the molecule is CC.CC=C(Cl)Cl.CCC.OP(O)(O)=S.OP(O)(O)=S. The second-order valence-electron chi connectivity index (χ2n) is 2.31. The summed E-state index contributed by atoms with van der Waals surface area (Å²) in [5.74, 6) is 0. The molecule has 0 heterocycles. The zero-order valence-corrected chi connectivity index (χ0v) is 16.9. The van der Waals surface area contributed by atoms with E-state index in [1.165, 1.54) is 6.42 Å². The summed E-state index contributed by atoms with van der Waals surface area (Å²) in [5.41, 5.74) is 0. The molecule has 12 heteroatoms. The molecule has 0 aliphatic rings. The van der Waals surface area contributed by atoms with Gasteiger partial charge in [0.15, 0.2) is 0 Å². The van der Waals surface area contributed by atoms with E-state index in [4.69, 9.17) is 52.6 Å². The van der Waals surface area contributed by atoms with E-state index in [1.807, 2.05) is 13.8 Å². The van der Waals surface area contributed by atoms with Crippen molar-refractivity contribution in [1.29, 1.82) is 0 Å². The first-order valence-corrected chi connectivity index (χ1v) is 11.3. The number of rotatable bonds is 0. The van der Waals surface area contributed by atoms with Crippen molar-refractivity contribution < 1.29 is 29.4 Å². The maximum Gasteiger partial charge on any atom is 0.319 e. The quantitative estimate of drug-likeness (QED) is 0.335. The molecule has 0 rings (SSSR count). The lowest BCUT2D eigenvalue weighted by Crippen LogP contribution is -1.65. The minimum Gasteiger partial charge on any atom is -0.325 e. The fourth-order valence-corrected chi connectivity index (χ4v) is 0. The summed E-state index contributed by atoms with van der Waals surface area (Å²) >= 11 is 17.4. The normalized spacial score (nSPS) is 8.85. The Labute approximate surface area is 141 Å². The molecule has 0 saturated heterocycles. The first-order chi connectivity index (χ1) is 8.68. The Morgan fingerprint density at radius 2 is 0.950 bits per heavy atom. The standard InChI is InChI=1S/C3H4Cl2.C3H8.C2H6.2H3O3PS/c1-2-3(4)5;1-3-2;1-2;2*1-4(2,3)5/h2H,1H3;3H2,1-2H3;1-2H3;2*(H3,1,2,3,5). The first kappa shape index (κ1) is 33.1. The Morgan fingerprint density at radius 1 is 0.900 bits per heavy atom. The second kappa shape index (κ2) is 22.7. The minimum atomic E-state index is -3.81. The molecule has 0 bridgehead atoms. The second-order valence-corrected chi connectivity index (χ2v) is 8.31. The van der Waals surface area contributed by atoms with Gasteiger partial charge in [0.25, 0.3) is 0 Å². The number of hydrogen-bond donors (Lipinski definition) is 6. The van der Waals surface area contributed by atoms with Gasteiger partial charge in [0.1, 0.15) is 4.49 Å². The van der Waals surface area contributed by atoms with Crippen LogP contribution in [-0.2, 0) is 23.6 Å². The van der Waals surface area contributed by atoms with Crippen molar-refractivity contribution in [2.75, 3.05) is 0 Å². The Balaban J connectivity index is -0.0000000487. The largest absolute Gasteiger partial charge is 0.325 e. The number of hydrogen-bond acceptors (Lipinski definition) is 2. The number of allylic oxidation sites excluding steroid dienone is 1. The van der Waals surface area contributed by atoms with Crippen LogP contribution in [0.15, 0.2) is 10.6 Å². The molecule has 20 heavy (non-hydrogen) atoms. The summed E-state index contributed by atoms with van der Waals surface area (Å²) in [6.07, 6.45) is 2.86. The van der Waals surface area contributed by atoms with E-state index in [9.17, 15) is 0 Å². The van der Waals surface area contributed by atoms with Crippen LogP contribution < -0.4 is 0 Å². The van der Waals surface area contributed by atoms with Gasteiger partial charge in [-0.05, 0) is 30.5 Å². The average molecular weight is 413 g/mol. The van der Waals surface area contributed by atoms with E-state index in [0.717, 1.165) is 0 Å². The summed E-state index contributed by atoms with van der Waals surface area (Å²) in [4.78, 5) is 45.3. The average Bonchev–Trinajstić information content (AvgIpc) is 2.17. The van der Waals surface area contributed by atoms with Crippen LogP contribution in [0.5, 0.6) is 0 Å². The van der Waals surface area contributed by atoms with Crippen LogP contribution in [0.3, 0.4) is 0 Å². The molecular formula is C8H24Cl2O6P2S2. The Hall–Kier alpha value is 1.38. The molecule has 0 aromatic rings. The highest BCUT2D eigenvalue weighted by atomic mass is 35.5. The lowest BCUT2D eigenvalue weighted by molar-refractivity contribution is 0.361. The van der Waals surface area contributed by atoms with Crippen molar-refractivity contribution in [3.8, 4) is 0 Å². The fraction of sp³-hybridized carbons (Fsp3) is 0.750. The van der Waals surface area contributed by atoms with Crippen LogP contribution in [0.2, 0.25) is 0 Å². The van der Waals surface area contributed by atoms with Crippen LogP contribution in [0.4, 0.5) is 0 Å². The molecule has 6 N–H and O–H groups in total. The highest BCUT2D eigenvalue weighted by molar-refractivity contribution is 8.06. The monoisotopic (exact) mass is 412 g/mol. The van der Waals surface area contributed by atoms with Gasteiger partial charge in [-0.2, -0.15) is 0 Å². The summed E-state index contributed by atoms with van der Waals surface area (Å²) in [7, 11) is 0. The lowest BCUT2D eigenvalue weighted by Gasteiger charge is -1.88. The lowest BCUT2D eigenvalue weighted by atomic mass is 10.6. The summed E-state index contributed by atoms with van der Waals surface area (Å²) in [6, 6.07) is 0. The molecular weight excluding hydrogens is 389 g/mol. The molecule has 0 aromatic heterocycles. The number of halogens is 2. The van der Waals surface area contributed by atoms with Gasteiger partial charge in [-0.25, -0.2) is 0 Å². The predicted octanol–water partition coefficient (Wildman–Crippen LogP) is 3.14. The Bertz CT molecular complexity index is 252. The molecule has 0 radical (unpaired) electrons. The molecule has 0 aliphatic heterocycles. The third kappa shape index (κ3) is 573. The summed E-state index contributed by atoms with van der Waals surface area (Å²) in [5, 5.41) is 0. The maximum atomic E-state index is 7.56. The highest BCUT2D eigenvalue weighted by Crippen LogP contribution is 2.26. The van der Waals surface area contributed by atoms with Gasteiger partial charge in [0, 0.05) is 0 Å². The predicted molar refractivity (Wildman–Crippen MR) is 94.7 cm³/mol. The fourth-order valence-electron chi connectivity index (χ4n) is 0. The molecule has 0 unspecified atom stereocenters. The van der Waals surface area contributed by atoms with Gasteiger partial charge in [0.05, 0.1) is 0 Å². The van der Waals surface area contributed by atoms with Crippen LogP contribution in [0.25, 0.3) is 0 Å². The molecule has 0 atom stereocenters. The smallest absolute Gasteiger partial charge is 0.319 e. The first-order valence-electron chi connectivity index (χ1n) is 5.22. The molecule has 0 spiro atoms. The van der Waals surface area contributed by atoms with Crippen molar-refractivity contribution in [2.45, 2.75) is 41.0 Å². The highest BCUT2D eigenvalue weighted by Gasteiger charge is 1.92. The van der Waals surface area contributed by atoms with Crippen molar-refractivity contribution >= 4 is 60.3 Å². The van der Waals surface area contributed by atoms with E-state index in [2.05, 4.69) is 37.5 Å². The van der Waals surface area contributed by atoms with Crippen molar-refractivity contribution in [1.82, 2.24) is 0 Å². The van der Waals surface area contributed by atoms with Gasteiger partial charge in [-0.15, -0.1) is 0 Å². The van der Waals surface area contributed by atoms with Crippen molar-refractivity contribution in [3.05, 3.63) is 10.6 Å². The molecule has 0 saturated carbocycles. The Morgan fingerprint density at radius 3 is 0.950 bits per heavy atom. The van der Waals surface area contributed by atoms with Gasteiger partial charge < -0.3 is 29.4 Å². The molecule has 6 nitrogen and oxygen atoms in total.